The molecular weight excluding hydrogens is 301 g/mol. The number of rotatable bonds is 5. The van der Waals surface area contributed by atoms with Crippen LogP contribution in [-0.2, 0) is 0 Å². The van der Waals surface area contributed by atoms with Crippen LogP contribution in [0, 0.1) is 5.92 Å². The average Bonchev–Trinajstić information content (AvgIpc) is 3.31. The summed E-state index contributed by atoms with van der Waals surface area (Å²) in [6, 6.07) is 16.8. The first-order valence-electron chi connectivity index (χ1n) is 7.41. The molecule has 3 rings (SSSR count). The lowest BCUT2D eigenvalue weighted by Crippen LogP contribution is -2.26. The van der Waals surface area contributed by atoms with Crippen LogP contribution in [0.3, 0.4) is 0 Å². The van der Waals surface area contributed by atoms with Crippen molar-refractivity contribution in [2.24, 2.45) is 5.92 Å². The van der Waals surface area contributed by atoms with Gasteiger partial charge < -0.3 is 5.32 Å². The van der Waals surface area contributed by atoms with Crippen molar-refractivity contribution in [1.29, 1.82) is 0 Å². The Bertz CT molecular complexity index is 605. The molecule has 0 spiro atoms. The normalized spacial score (nSPS) is 17.5. The molecule has 3 heteroatoms. The van der Waals surface area contributed by atoms with Crippen molar-refractivity contribution in [3.05, 3.63) is 69.7 Å². The molecule has 0 bridgehead atoms. The molecule has 1 aliphatic carbocycles. The molecule has 0 saturated heterocycles. The third kappa shape index (κ3) is 3.60. The maximum Gasteiger partial charge on any atom is 0.0453 e. The third-order valence-corrected chi connectivity index (χ3v) is 4.72. The van der Waals surface area contributed by atoms with Crippen LogP contribution in [0.1, 0.15) is 43.0 Å². The van der Waals surface area contributed by atoms with Crippen LogP contribution < -0.4 is 5.32 Å². The molecule has 0 aliphatic heterocycles. The lowest BCUT2D eigenvalue weighted by atomic mass is 9.99. The van der Waals surface area contributed by atoms with Gasteiger partial charge in [0.1, 0.15) is 0 Å². The number of nitrogens with one attached hydrogen (secondary N) is 1. The Morgan fingerprint density at radius 3 is 2.29 bits per heavy atom. The number of hydrogen-bond donors (Lipinski definition) is 1. The van der Waals surface area contributed by atoms with Gasteiger partial charge in [-0.05, 0) is 55.0 Å². The van der Waals surface area contributed by atoms with Gasteiger partial charge in [-0.3, -0.25) is 0 Å². The first-order chi connectivity index (χ1) is 10.1. The summed E-state index contributed by atoms with van der Waals surface area (Å²) in [7, 11) is 0. The molecule has 2 atom stereocenters. The lowest BCUT2D eigenvalue weighted by Gasteiger charge is -2.25. The Balaban J connectivity index is 1.79. The Morgan fingerprint density at radius 1 is 1.00 bits per heavy atom. The average molecular weight is 320 g/mol. The zero-order valence-corrected chi connectivity index (χ0v) is 13.5. The Hall–Kier alpha value is -1.02. The van der Waals surface area contributed by atoms with Crippen molar-refractivity contribution >= 4 is 23.2 Å². The molecule has 0 heterocycles. The van der Waals surface area contributed by atoms with Crippen LogP contribution in [0.5, 0.6) is 0 Å². The summed E-state index contributed by atoms with van der Waals surface area (Å²) < 4.78 is 0. The summed E-state index contributed by atoms with van der Waals surface area (Å²) in [5.41, 5.74) is 2.46. The maximum atomic E-state index is 6.31. The minimum absolute atomic E-state index is 0.222. The molecule has 1 nitrogen and oxygen atoms in total. The van der Waals surface area contributed by atoms with E-state index in [9.17, 15) is 0 Å². The molecular formula is C18H19Cl2N. The van der Waals surface area contributed by atoms with Crippen LogP contribution in [-0.4, -0.2) is 0 Å². The second kappa shape index (κ2) is 6.39. The van der Waals surface area contributed by atoms with Gasteiger partial charge in [-0.2, -0.15) is 0 Å². The van der Waals surface area contributed by atoms with Gasteiger partial charge in [0.15, 0.2) is 0 Å². The monoisotopic (exact) mass is 319 g/mol. The van der Waals surface area contributed by atoms with E-state index in [1.165, 1.54) is 18.4 Å². The summed E-state index contributed by atoms with van der Waals surface area (Å²) in [4.78, 5) is 0. The summed E-state index contributed by atoms with van der Waals surface area (Å²) in [5.74, 6) is 0.719. The van der Waals surface area contributed by atoms with E-state index in [0.29, 0.717) is 6.04 Å². The maximum absolute atomic E-state index is 6.31. The van der Waals surface area contributed by atoms with Crippen molar-refractivity contribution in [1.82, 2.24) is 5.32 Å². The summed E-state index contributed by atoms with van der Waals surface area (Å²) in [6.45, 7) is 2.17. The van der Waals surface area contributed by atoms with Crippen molar-refractivity contribution in [2.45, 2.75) is 31.8 Å². The molecule has 2 aromatic carbocycles. The fraction of sp³-hybridized carbons (Fsp3) is 0.333. The molecule has 2 unspecified atom stereocenters. The highest BCUT2D eigenvalue weighted by atomic mass is 35.5. The highest BCUT2D eigenvalue weighted by Gasteiger charge is 2.33. The minimum atomic E-state index is 0.222. The quantitative estimate of drug-likeness (QED) is 0.734. The second-order valence-corrected chi connectivity index (χ2v) is 6.62. The SMILES string of the molecule is CC(NC(c1ccc(Cl)cc1)C1CC1)c1ccccc1Cl. The summed E-state index contributed by atoms with van der Waals surface area (Å²) in [5, 5.41) is 5.35. The van der Waals surface area contributed by atoms with Crippen molar-refractivity contribution < 1.29 is 0 Å². The predicted molar refractivity (Wildman–Crippen MR) is 89.9 cm³/mol. The second-order valence-electron chi connectivity index (χ2n) is 5.78. The van der Waals surface area contributed by atoms with Crippen molar-refractivity contribution in [3.8, 4) is 0 Å². The molecule has 0 amide bonds. The molecule has 2 aromatic rings. The highest BCUT2D eigenvalue weighted by Crippen LogP contribution is 2.42. The van der Waals surface area contributed by atoms with Crippen LogP contribution in [0.2, 0.25) is 10.0 Å². The van der Waals surface area contributed by atoms with Crippen molar-refractivity contribution in [3.63, 3.8) is 0 Å². The third-order valence-electron chi connectivity index (χ3n) is 4.12. The lowest BCUT2D eigenvalue weighted by molar-refractivity contribution is 0.427. The highest BCUT2D eigenvalue weighted by molar-refractivity contribution is 6.31. The smallest absolute Gasteiger partial charge is 0.0453 e. The van der Waals surface area contributed by atoms with E-state index in [2.05, 4.69) is 30.4 Å². The Labute approximate surface area is 136 Å². The van der Waals surface area contributed by atoms with Crippen LogP contribution in [0.15, 0.2) is 48.5 Å². The first kappa shape index (κ1) is 14.9. The molecule has 0 radical (unpaired) electrons. The zero-order valence-electron chi connectivity index (χ0n) is 12.0. The van der Waals surface area contributed by atoms with E-state index >= 15 is 0 Å². The molecule has 110 valence electrons. The van der Waals surface area contributed by atoms with Gasteiger partial charge in [-0.1, -0.05) is 53.5 Å². The van der Waals surface area contributed by atoms with Gasteiger partial charge in [0.05, 0.1) is 0 Å². The number of halogens is 2. The fourth-order valence-electron chi connectivity index (χ4n) is 2.79. The van der Waals surface area contributed by atoms with Gasteiger partial charge in [0.25, 0.3) is 0 Å². The number of hydrogen-bond acceptors (Lipinski definition) is 1. The van der Waals surface area contributed by atoms with Gasteiger partial charge in [0.2, 0.25) is 0 Å². The van der Waals surface area contributed by atoms with E-state index in [1.54, 1.807) is 0 Å². The van der Waals surface area contributed by atoms with E-state index in [1.807, 2.05) is 30.3 Å². The van der Waals surface area contributed by atoms with Gasteiger partial charge in [-0.15, -0.1) is 0 Å². The molecule has 21 heavy (non-hydrogen) atoms. The molecule has 1 aliphatic rings. The topological polar surface area (TPSA) is 12.0 Å². The van der Waals surface area contributed by atoms with E-state index in [4.69, 9.17) is 23.2 Å². The van der Waals surface area contributed by atoms with E-state index in [0.717, 1.165) is 21.5 Å². The zero-order chi connectivity index (χ0) is 14.8. The van der Waals surface area contributed by atoms with Crippen LogP contribution >= 0.6 is 23.2 Å². The summed E-state index contributed by atoms with van der Waals surface area (Å²) >= 11 is 12.3. The first-order valence-corrected chi connectivity index (χ1v) is 8.16. The van der Waals surface area contributed by atoms with E-state index < -0.39 is 0 Å². The molecule has 1 N–H and O–H groups in total. The van der Waals surface area contributed by atoms with Gasteiger partial charge >= 0.3 is 0 Å². The standard InChI is InChI=1S/C18H19Cl2N/c1-12(16-4-2-3-5-17(16)20)21-18(13-6-7-13)14-8-10-15(19)11-9-14/h2-5,8-13,18,21H,6-7H2,1H3. The Kier molecular flexibility index (Phi) is 4.54. The van der Waals surface area contributed by atoms with Gasteiger partial charge in [0, 0.05) is 22.1 Å². The largest absolute Gasteiger partial charge is 0.303 e. The molecule has 0 aromatic heterocycles. The molecule has 1 fully saturated rings. The van der Waals surface area contributed by atoms with Crippen LogP contribution in [0.4, 0.5) is 0 Å². The summed E-state index contributed by atoms with van der Waals surface area (Å²) in [6.07, 6.45) is 2.57. The van der Waals surface area contributed by atoms with E-state index in [-0.39, 0.29) is 6.04 Å². The Morgan fingerprint density at radius 2 is 1.67 bits per heavy atom. The van der Waals surface area contributed by atoms with Gasteiger partial charge in [-0.25, -0.2) is 0 Å². The van der Waals surface area contributed by atoms with Crippen molar-refractivity contribution in [2.75, 3.05) is 0 Å². The predicted octanol–water partition coefficient (Wildman–Crippen LogP) is 5.80. The van der Waals surface area contributed by atoms with Crippen LogP contribution in [0.25, 0.3) is 0 Å². The minimum Gasteiger partial charge on any atom is -0.303 e. The number of benzene rings is 2. The fourth-order valence-corrected chi connectivity index (χ4v) is 3.21. The molecule has 1 saturated carbocycles.